The van der Waals surface area contributed by atoms with Gasteiger partial charge < -0.3 is 9.64 Å². The molecule has 0 rings (SSSR count). The maximum atomic E-state index is 11.2. The molecule has 0 heterocycles. The van der Waals surface area contributed by atoms with E-state index in [4.69, 9.17) is 4.74 Å². The largest absolute Gasteiger partial charge is 0.462 e. The Kier molecular flexibility index (Phi) is 4.80. The zero-order valence-electron chi connectivity index (χ0n) is 8.46. The number of ketones is 1. The van der Waals surface area contributed by atoms with Crippen LogP contribution in [0.2, 0.25) is 0 Å². The van der Waals surface area contributed by atoms with Crippen LogP contribution in [0.25, 0.3) is 0 Å². The highest BCUT2D eigenvalue weighted by atomic mass is 16.5. The summed E-state index contributed by atoms with van der Waals surface area (Å²) in [5.74, 6) is -0.851. The number of nitrogens with zero attached hydrogens (tertiary/aromatic N) is 1. The highest BCUT2D eigenvalue weighted by molar-refractivity contribution is 6.16. The smallest absolute Gasteiger partial charge is 0.343 e. The van der Waals surface area contributed by atoms with Crippen LogP contribution in [-0.2, 0) is 14.3 Å². The van der Waals surface area contributed by atoms with Gasteiger partial charge in [-0.05, 0) is 13.8 Å². The van der Waals surface area contributed by atoms with Gasteiger partial charge in [0.2, 0.25) is 0 Å². The molecular weight excluding hydrogens is 170 g/mol. The van der Waals surface area contributed by atoms with E-state index in [2.05, 4.69) is 0 Å². The molecule has 13 heavy (non-hydrogen) atoms. The van der Waals surface area contributed by atoms with Crippen LogP contribution in [0, 0.1) is 0 Å². The summed E-state index contributed by atoms with van der Waals surface area (Å²) in [4.78, 5) is 23.8. The summed E-state index contributed by atoms with van der Waals surface area (Å²) in [7, 11) is 3.48. The molecule has 0 radical (unpaired) electrons. The summed E-state index contributed by atoms with van der Waals surface area (Å²) in [6.45, 7) is 3.31. The van der Waals surface area contributed by atoms with Gasteiger partial charge in [0, 0.05) is 20.3 Å². The first kappa shape index (κ1) is 11.7. The second kappa shape index (κ2) is 5.35. The molecule has 0 saturated carbocycles. The average molecular weight is 185 g/mol. The number of ether oxygens (including phenoxy) is 1. The van der Waals surface area contributed by atoms with Crippen LogP contribution in [0.5, 0.6) is 0 Å². The van der Waals surface area contributed by atoms with Crippen LogP contribution in [0.1, 0.15) is 13.8 Å². The van der Waals surface area contributed by atoms with Crippen molar-refractivity contribution in [3.8, 4) is 0 Å². The van der Waals surface area contributed by atoms with Gasteiger partial charge >= 0.3 is 5.97 Å². The second-order valence-corrected chi connectivity index (χ2v) is 2.78. The predicted octanol–water partition coefficient (Wildman–Crippen LogP) is 0.584. The van der Waals surface area contributed by atoms with Crippen molar-refractivity contribution < 1.29 is 14.3 Å². The summed E-state index contributed by atoms with van der Waals surface area (Å²) >= 11 is 0. The van der Waals surface area contributed by atoms with Crippen LogP contribution in [0.4, 0.5) is 0 Å². The minimum Gasteiger partial charge on any atom is -0.462 e. The SMILES string of the molecule is CCOC(=O)/C(=C\N(C)C)C(C)=O. The van der Waals surface area contributed by atoms with Crippen LogP contribution >= 0.6 is 0 Å². The van der Waals surface area contributed by atoms with E-state index in [0.717, 1.165) is 0 Å². The van der Waals surface area contributed by atoms with Crippen molar-refractivity contribution in [1.29, 1.82) is 0 Å². The molecule has 0 aliphatic carbocycles. The summed E-state index contributed by atoms with van der Waals surface area (Å²) in [6.07, 6.45) is 1.46. The number of carbonyl (C=O) groups is 2. The highest BCUT2D eigenvalue weighted by Crippen LogP contribution is 2.00. The lowest BCUT2D eigenvalue weighted by Crippen LogP contribution is -2.17. The number of Topliss-reactive ketones (excluding diaryl/α,β-unsaturated/α-hetero) is 1. The van der Waals surface area contributed by atoms with E-state index in [1.807, 2.05) is 0 Å². The van der Waals surface area contributed by atoms with E-state index in [1.54, 1.807) is 25.9 Å². The minimum absolute atomic E-state index is 0.0758. The fourth-order valence-corrected chi connectivity index (χ4v) is 0.754. The monoisotopic (exact) mass is 185 g/mol. The molecule has 0 amide bonds. The molecular formula is C9H15NO3. The van der Waals surface area contributed by atoms with Gasteiger partial charge in [-0.2, -0.15) is 0 Å². The summed E-state index contributed by atoms with van der Waals surface area (Å²) in [5.41, 5.74) is 0.0758. The molecule has 0 saturated heterocycles. The molecule has 0 aromatic rings. The number of esters is 1. The van der Waals surface area contributed by atoms with Gasteiger partial charge in [0.05, 0.1) is 6.61 Å². The van der Waals surface area contributed by atoms with E-state index in [9.17, 15) is 9.59 Å². The molecule has 0 unspecified atom stereocenters. The molecule has 0 aliphatic heterocycles. The fraction of sp³-hybridized carbons (Fsp3) is 0.556. The first-order valence-electron chi connectivity index (χ1n) is 4.05. The third-order valence-corrected chi connectivity index (χ3v) is 1.26. The van der Waals surface area contributed by atoms with E-state index >= 15 is 0 Å². The Morgan fingerprint density at radius 2 is 1.92 bits per heavy atom. The van der Waals surface area contributed by atoms with Crippen LogP contribution in [0.15, 0.2) is 11.8 Å². The first-order chi connectivity index (χ1) is 5.99. The Balaban J connectivity index is 4.61. The predicted molar refractivity (Wildman–Crippen MR) is 49.1 cm³/mol. The molecule has 0 aromatic heterocycles. The Hall–Kier alpha value is -1.32. The van der Waals surface area contributed by atoms with Gasteiger partial charge in [0.15, 0.2) is 5.78 Å². The van der Waals surface area contributed by atoms with Gasteiger partial charge in [-0.1, -0.05) is 0 Å². The Labute approximate surface area is 78.2 Å². The summed E-state index contributed by atoms with van der Waals surface area (Å²) in [5, 5.41) is 0. The maximum Gasteiger partial charge on any atom is 0.343 e. The van der Waals surface area contributed by atoms with Crippen LogP contribution in [0.3, 0.4) is 0 Å². The fourth-order valence-electron chi connectivity index (χ4n) is 0.754. The average Bonchev–Trinajstić information content (AvgIpc) is 1.99. The normalized spacial score (nSPS) is 10.9. The van der Waals surface area contributed by atoms with Gasteiger partial charge in [0.1, 0.15) is 5.57 Å². The third-order valence-electron chi connectivity index (χ3n) is 1.26. The van der Waals surface area contributed by atoms with Gasteiger partial charge in [0.25, 0.3) is 0 Å². The van der Waals surface area contributed by atoms with Crippen molar-refractivity contribution in [2.45, 2.75) is 13.8 Å². The zero-order valence-corrected chi connectivity index (χ0v) is 8.46. The quantitative estimate of drug-likeness (QED) is 0.278. The van der Waals surface area contributed by atoms with Crippen molar-refractivity contribution in [2.75, 3.05) is 20.7 Å². The first-order valence-corrected chi connectivity index (χ1v) is 4.05. The summed E-state index contributed by atoms with van der Waals surface area (Å²) < 4.78 is 4.71. The lowest BCUT2D eigenvalue weighted by molar-refractivity contribution is -0.139. The van der Waals surface area contributed by atoms with E-state index in [-0.39, 0.29) is 18.0 Å². The molecule has 0 spiro atoms. The molecule has 0 aliphatic rings. The molecule has 4 heteroatoms. The zero-order chi connectivity index (χ0) is 10.4. The standard InChI is InChI=1S/C9H15NO3/c1-5-13-9(12)8(7(2)11)6-10(3)4/h6H,5H2,1-4H3/b8-6-. The molecule has 0 aromatic carbocycles. The van der Waals surface area contributed by atoms with Crippen LogP contribution in [-0.4, -0.2) is 37.4 Å². The van der Waals surface area contributed by atoms with E-state index in [1.165, 1.54) is 13.1 Å². The van der Waals surface area contributed by atoms with Crippen molar-refractivity contribution >= 4 is 11.8 Å². The Morgan fingerprint density at radius 3 is 2.23 bits per heavy atom. The molecule has 74 valence electrons. The lowest BCUT2D eigenvalue weighted by Gasteiger charge is -2.08. The Morgan fingerprint density at radius 1 is 1.38 bits per heavy atom. The topological polar surface area (TPSA) is 46.6 Å². The molecule has 0 atom stereocenters. The van der Waals surface area contributed by atoms with Crippen molar-refractivity contribution in [2.24, 2.45) is 0 Å². The van der Waals surface area contributed by atoms with Gasteiger partial charge in [-0.3, -0.25) is 4.79 Å². The number of rotatable bonds is 4. The molecule has 0 N–H and O–H groups in total. The number of carbonyl (C=O) groups excluding carboxylic acids is 2. The lowest BCUT2D eigenvalue weighted by atomic mass is 10.2. The maximum absolute atomic E-state index is 11.2. The van der Waals surface area contributed by atoms with E-state index in [0.29, 0.717) is 0 Å². The van der Waals surface area contributed by atoms with Crippen LogP contribution < -0.4 is 0 Å². The van der Waals surface area contributed by atoms with Crippen molar-refractivity contribution in [3.63, 3.8) is 0 Å². The molecule has 0 fully saturated rings. The molecule has 0 bridgehead atoms. The second-order valence-electron chi connectivity index (χ2n) is 2.78. The van der Waals surface area contributed by atoms with Gasteiger partial charge in [-0.25, -0.2) is 4.79 Å². The third kappa shape index (κ3) is 4.30. The van der Waals surface area contributed by atoms with Gasteiger partial charge in [-0.15, -0.1) is 0 Å². The van der Waals surface area contributed by atoms with Crippen molar-refractivity contribution in [3.05, 3.63) is 11.8 Å². The highest BCUT2D eigenvalue weighted by Gasteiger charge is 2.15. The Bertz CT molecular complexity index is 231. The minimum atomic E-state index is -0.566. The van der Waals surface area contributed by atoms with E-state index < -0.39 is 5.97 Å². The summed E-state index contributed by atoms with van der Waals surface area (Å²) in [6, 6.07) is 0. The number of hydrogen-bond donors (Lipinski definition) is 0. The molecule has 4 nitrogen and oxygen atoms in total. The van der Waals surface area contributed by atoms with Crippen molar-refractivity contribution in [1.82, 2.24) is 4.90 Å². The number of hydrogen-bond acceptors (Lipinski definition) is 4.